The maximum absolute atomic E-state index is 12.1. The van der Waals surface area contributed by atoms with Gasteiger partial charge in [-0.1, -0.05) is 11.6 Å². The molecule has 0 spiro atoms. The molecule has 0 radical (unpaired) electrons. The maximum Gasteiger partial charge on any atom is 0.251 e. The van der Waals surface area contributed by atoms with Gasteiger partial charge in [0.15, 0.2) is 11.5 Å². The quantitative estimate of drug-likeness (QED) is 0.943. The zero-order valence-corrected chi connectivity index (χ0v) is 11.2. The molecule has 0 aliphatic carbocycles. The summed E-state index contributed by atoms with van der Waals surface area (Å²) < 4.78 is 10.4. The van der Waals surface area contributed by atoms with Crippen LogP contribution < -0.4 is 14.8 Å². The summed E-state index contributed by atoms with van der Waals surface area (Å²) in [6.07, 6.45) is 3.36. The topological polar surface area (TPSA) is 60.5 Å². The lowest BCUT2D eigenvalue weighted by Crippen LogP contribution is -2.22. The van der Waals surface area contributed by atoms with E-state index in [0.717, 1.165) is 5.56 Å². The summed E-state index contributed by atoms with van der Waals surface area (Å²) in [6, 6.07) is 6.87. The van der Waals surface area contributed by atoms with Crippen LogP contribution in [0.3, 0.4) is 0 Å². The predicted molar refractivity (Wildman–Crippen MR) is 73.0 cm³/mol. The van der Waals surface area contributed by atoms with Crippen molar-refractivity contribution in [2.75, 3.05) is 6.79 Å². The first kappa shape index (κ1) is 12.7. The van der Waals surface area contributed by atoms with Gasteiger partial charge in [0.05, 0.1) is 5.02 Å². The molecule has 2 aromatic rings. The SMILES string of the molecule is O=C(NCc1ccncc1)c1cc(Cl)c2c(c1)OCO2. The van der Waals surface area contributed by atoms with Crippen molar-refractivity contribution in [1.82, 2.24) is 10.3 Å². The van der Waals surface area contributed by atoms with Crippen LogP contribution >= 0.6 is 11.6 Å². The Bertz CT molecular complexity index is 646. The number of rotatable bonds is 3. The van der Waals surface area contributed by atoms with Crippen LogP contribution in [-0.2, 0) is 6.54 Å². The Morgan fingerprint density at radius 1 is 1.30 bits per heavy atom. The number of halogens is 1. The Balaban J connectivity index is 1.73. The van der Waals surface area contributed by atoms with Crippen LogP contribution in [0.2, 0.25) is 5.02 Å². The highest BCUT2D eigenvalue weighted by atomic mass is 35.5. The number of benzene rings is 1. The second-order valence-corrected chi connectivity index (χ2v) is 4.64. The van der Waals surface area contributed by atoms with Gasteiger partial charge in [0.1, 0.15) is 0 Å². The van der Waals surface area contributed by atoms with E-state index in [1.54, 1.807) is 24.5 Å². The zero-order valence-electron chi connectivity index (χ0n) is 10.4. The van der Waals surface area contributed by atoms with E-state index in [1.807, 2.05) is 12.1 Å². The zero-order chi connectivity index (χ0) is 13.9. The molecule has 1 aliphatic heterocycles. The standard InChI is InChI=1S/C14H11ClN2O3/c15-11-5-10(6-12-13(11)20-8-19-12)14(18)17-7-9-1-3-16-4-2-9/h1-6H,7-8H2,(H,17,18). The molecule has 1 aromatic heterocycles. The number of carbonyl (C=O) groups excluding carboxylic acids is 1. The Labute approximate surface area is 120 Å². The van der Waals surface area contributed by atoms with E-state index in [1.165, 1.54) is 0 Å². The second kappa shape index (κ2) is 5.38. The first-order chi connectivity index (χ1) is 9.74. The van der Waals surface area contributed by atoms with E-state index < -0.39 is 0 Å². The number of aromatic nitrogens is 1. The Morgan fingerprint density at radius 2 is 2.10 bits per heavy atom. The van der Waals surface area contributed by atoms with Crippen molar-refractivity contribution in [2.24, 2.45) is 0 Å². The summed E-state index contributed by atoms with van der Waals surface area (Å²) in [5, 5.41) is 3.18. The van der Waals surface area contributed by atoms with Crippen LogP contribution in [0.5, 0.6) is 11.5 Å². The molecular formula is C14H11ClN2O3. The molecule has 1 N–H and O–H groups in total. The van der Waals surface area contributed by atoms with Crippen molar-refractivity contribution in [3.05, 3.63) is 52.8 Å². The highest BCUT2D eigenvalue weighted by Crippen LogP contribution is 2.39. The van der Waals surface area contributed by atoms with Gasteiger partial charge in [-0.05, 0) is 29.8 Å². The molecule has 1 aromatic carbocycles. The maximum atomic E-state index is 12.1. The lowest BCUT2D eigenvalue weighted by atomic mass is 10.2. The summed E-state index contributed by atoms with van der Waals surface area (Å²) in [7, 11) is 0. The van der Waals surface area contributed by atoms with Crippen LogP contribution in [0.1, 0.15) is 15.9 Å². The fourth-order valence-corrected chi connectivity index (χ4v) is 2.15. The number of hydrogen-bond acceptors (Lipinski definition) is 4. The second-order valence-electron chi connectivity index (χ2n) is 4.23. The predicted octanol–water partition coefficient (Wildman–Crippen LogP) is 2.39. The van der Waals surface area contributed by atoms with Gasteiger partial charge in [0.2, 0.25) is 6.79 Å². The first-order valence-corrected chi connectivity index (χ1v) is 6.38. The van der Waals surface area contributed by atoms with Crippen molar-refractivity contribution >= 4 is 17.5 Å². The number of pyridine rings is 1. The van der Waals surface area contributed by atoms with Gasteiger partial charge >= 0.3 is 0 Å². The normalized spacial score (nSPS) is 12.2. The van der Waals surface area contributed by atoms with Gasteiger partial charge < -0.3 is 14.8 Å². The number of carbonyl (C=O) groups is 1. The van der Waals surface area contributed by atoms with Crippen LogP contribution in [0.15, 0.2) is 36.7 Å². The van der Waals surface area contributed by atoms with Crippen molar-refractivity contribution in [3.63, 3.8) is 0 Å². The van der Waals surface area contributed by atoms with E-state index in [0.29, 0.717) is 28.6 Å². The molecule has 5 nitrogen and oxygen atoms in total. The monoisotopic (exact) mass is 290 g/mol. The Morgan fingerprint density at radius 3 is 2.90 bits per heavy atom. The highest BCUT2D eigenvalue weighted by Gasteiger charge is 2.20. The molecule has 20 heavy (non-hydrogen) atoms. The van der Waals surface area contributed by atoms with Crippen LogP contribution in [0, 0.1) is 0 Å². The molecule has 102 valence electrons. The smallest absolute Gasteiger partial charge is 0.251 e. The van der Waals surface area contributed by atoms with E-state index >= 15 is 0 Å². The van der Waals surface area contributed by atoms with Gasteiger partial charge in [0.25, 0.3) is 5.91 Å². The third kappa shape index (κ3) is 2.53. The molecular weight excluding hydrogens is 280 g/mol. The number of fused-ring (bicyclic) bond motifs is 1. The molecule has 1 aliphatic rings. The largest absolute Gasteiger partial charge is 0.454 e. The molecule has 0 unspecified atom stereocenters. The molecule has 2 heterocycles. The van der Waals surface area contributed by atoms with Crippen LogP contribution in [0.25, 0.3) is 0 Å². The molecule has 0 bridgehead atoms. The lowest BCUT2D eigenvalue weighted by molar-refractivity contribution is 0.0950. The number of nitrogens with one attached hydrogen (secondary N) is 1. The molecule has 0 atom stereocenters. The van der Waals surface area contributed by atoms with Gasteiger partial charge in [-0.3, -0.25) is 9.78 Å². The van der Waals surface area contributed by atoms with E-state index in [9.17, 15) is 4.79 Å². The summed E-state index contributed by atoms with van der Waals surface area (Å²) in [4.78, 5) is 16.0. The van der Waals surface area contributed by atoms with Gasteiger partial charge in [0, 0.05) is 24.5 Å². The highest BCUT2D eigenvalue weighted by molar-refractivity contribution is 6.32. The van der Waals surface area contributed by atoms with Gasteiger partial charge in [-0.25, -0.2) is 0 Å². The fraction of sp³-hybridized carbons (Fsp3) is 0.143. The van der Waals surface area contributed by atoms with E-state index in [2.05, 4.69) is 10.3 Å². The van der Waals surface area contributed by atoms with Crippen molar-refractivity contribution in [2.45, 2.75) is 6.54 Å². The number of nitrogens with zero attached hydrogens (tertiary/aromatic N) is 1. The van der Waals surface area contributed by atoms with Crippen molar-refractivity contribution < 1.29 is 14.3 Å². The third-order valence-electron chi connectivity index (χ3n) is 2.89. The van der Waals surface area contributed by atoms with E-state index in [4.69, 9.17) is 21.1 Å². The average molecular weight is 291 g/mol. The summed E-state index contributed by atoms with van der Waals surface area (Å²) in [5.74, 6) is 0.755. The minimum absolute atomic E-state index is 0.122. The van der Waals surface area contributed by atoms with Crippen molar-refractivity contribution in [1.29, 1.82) is 0 Å². The summed E-state index contributed by atoms with van der Waals surface area (Å²) >= 11 is 6.04. The number of amides is 1. The summed E-state index contributed by atoms with van der Waals surface area (Å²) in [5.41, 5.74) is 1.41. The van der Waals surface area contributed by atoms with E-state index in [-0.39, 0.29) is 12.7 Å². The van der Waals surface area contributed by atoms with Crippen LogP contribution in [0.4, 0.5) is 0 Å². The summed E-state index contributed by atoms with van der Waals surface area (Å²) in [6.45, 7) is 0.546. The molecule has 1 amide bonds. The molecule has 0 fully saturated rings. The Kier molecular flexibility index (Phi) is 3.43. The fourth-order valence-electron chi connectivity index (χ4n) is 1.88. The third-order valence-corrected chi connectivity index (χ3v) is 3.17. The molecule has 3 rings (SSSR count). The van der Waals surface area contributed by atoms with Crippen LogP contribution in [-0.4, -0.2) is 17.7 Å². The first-order valence-electron chi connectivity index (χ1n) is 6.00. The number of hydrogen-bond donors (Lipinski definition) is 1. The average Bonchev–Trinajstić information content (AvgIpc) is 2.95. The lowest BCUT2D eigenvalue weighted by Gasteiger charge is -2.07. The molecule has 6 heteroatoms. The molecule has 0 saturated carbocycles. The minimum atomic E-state index is -0.220. The Hall–Kier alpha value is -2.27. The molecule has 0 saturated heterocycles. The number of ether oxygens (including phenoxy) is 2. The van der Waals surface area contributed by atoms with Crippen molar-refractivity contribution in [3.8, 4) is 11.5 Å². The van der Waals surface area contributed by atoms with Gasteiger partial charge in [-0.15, -0.1) is 0 Å². The minimum Gasteiger partial charge on any atom is -0.454 e. The van der Waals surface area contributed by atoms with Gasteiger partial charge in [-0.2, -0.15) is 0 Å².